The quantitative estimate of drug-likeness (QED) is 0.778. The molecule has 0 aliphatic rings. The number of phenolic OH excluding ortho intramolecular Hbond substituents is 1. The topological polar surface area (TPSA) is 89.6 Å². The monoisotopic (exact) mass is 243 g/mol. The van der Waals surface area contributed by atoms with Gasteiger partial charge in [-0.05, 0) is 25.1 Å². The summed E-state index contributed by atoms with van der Waals surface area (Å²) in [4.78, 5) is 22.2. The molecule has 0 spiro atoms. The van der Waals surface area contributed by atoms with E-state index in [0.717, 1.165) is 0 Å². The number of aromatic hydroxyl groups is 1. The van der Waals surface area contributed by atoms with E-state index >= 15 is 0 Å². The molecule has 0 radical (unpaired) electrons. The number of esters is 1. The molecule has 1 unspecified atom stereocenters. The number of benzene rings is 1. The molecule has 0 saturated carbocycles. The van der Waals surface area contributed by atoms with E-state index in [1.165, 1.54) is 25.1 Å². The highest BCUT2D eigenvalue weighted by Gasteiger charge is 2.19. The summed E-state index contributed by atoms with van der Waals surface area (Å²) in [6.07, 6.45) is -1.06. The number of hydrogen-bond acceptors (Lipinski definition) is 4. The molecule has 16 heavy (non-hydrogen) atoms. The maximum absolute atomic E-state index is 11.5. The predicted octanol–water partition coefficient (Wildman–Crippen LogP) is 1.08. The van der Waals surface area contributed by atoms with Crippen molar-refractivity contribution in [2.24, 2.45) is 5.73 Å². The van der Waals surface area contributed by atoms with Crippen LogP contribution in [0, 0.1) is 0 Å². The number of phenols is 1. The van der Waals surface area contributed by atoms with Crippen LogP contribution in [0.4, 0.5) is 0 Å². The van der Waals surface area contributed by atoms with E-state index in [1.54, 1.807) is 0 Å². The lowest BCUT2D eigenvalue weighted by atomic mass is 10.2. The molecule has 1 aromatic carbocycles. The fraction of sp³-hybridized carbons (Fsp3) is 0.200. The molecular formula is C10H10ClNO4. The van der Waals surface area contributed by atoms with E-state index < -0.39 is 18.0 Å². The van der Waals surface area contributed by atoms with E-state index in [2.05, 4.69) is 0 Å². The molecule has 0 saturated heterocycles. The van der Waals surface area contributed by atoms with Gasteiger partial charge in [-0.25, -0.2) is 4.79 Å². The van der Waals surface area contributed by atoms with Crippen LogP contribution < -0.4 is 5.73 Å². The smallest absolute Gasteiger partial charge is 0.342 e. The van der Waals surface area contributed by atoms with Gasteiger partial charge < -0.3 is 15.6 Å². The first kappa shape index (κ1) is 12.3. The number of rotatable bonds is 3. The van der Waals surface area contributed by atoms with Gasteiger partial charge in [0.15, 0.2) is 6.10 Å². The fourth-order valence-corrected chi connectivity index (χ4v) is 1.13. The molecule has 3 N–H and O–H groups in total. The number of carbonyl (C=O) groups excluding carboxylic acids is 2. The van der Waals surface area contributed by atoms with Crippen molar-refractivity contribution in [2.75, 3.05) is 0 Å². The van der Waals surface area contributed by atoms with Crippen LogP contribution in [0.1, 0.15) is 17.3 Å². The van der Waals surface area contributed by atoms with Crippen LogP contribution >= 0.6 is 11.6 Å². The van der Waals surface area contributed by atoms with Crippen molar-refractivity contribution in [2.45, 2.75) is 13.0 Å². The number of hydrogen-bond donors (Lipinski definition) is 2. The van der Waals surface area contributed by atoms with Crippen LogP contribution in [0.5, 0.6) is 5.75 Å². The van der Waals surface area contributed by atoms with Gasteiger partial charge in [0, 0.05) is 5.02 Å². The van der Waals surface area contributed by atoms with E-state index in [1.807, 2.05) is 0 Å². The van der Waals surface area contributed by atoms with E-state index in [0.29, 0.717) is 0 Å². The first-order valence-corrected chi connectivity index (χ1v) is 4.78. The molecule has 6 heteroatoms. The van der Waals surface area contributed by atoms with Gasteiger partial charge in [0.05, 0.1) is 0 Å². The number of halogens is 1. The second-order valence-corrected chi connectivity index (χ2v) is 3.55. The lowest BCUT2D eigenvalue weighted by Crippen LogP contribution is -2.30. The molecule has 1 aromatic rings. The Labute approximate surface area is 96.8 Å². The summed E-state index contributed by atoms with van der Waals surface area (Å²) in [7, 11) is 0. The first-order chi connectivity index (χ1) is 7.41. The van der Waals surface area contributed by atoms with Crippen LogP contribution in [0.3, 0.4) is 0 Å². The van der Waals surface area contributed by atoms with Crippen LogP contribution in [0.15, 0.2) is 18.2 Å². The Hall–Kier alpha value is -1.75. The normalized spacial score (nSPS) is 11.9. The molecule has 0 fully saturated rings. The zero-order valence-corrected chi connectivity index (χ0v) is 9.19. The van der Waals surface area contributed by atoms with Gasteiger partial charge in [-0.3, -0.25) is 4.79 Å². The highest BCUT2D eigenvalue weighted by Crippen LogP contribution is 2.22. The lowest BCUT2D eigenvalue weighted by Gasteiger charge is -2.10. The lowest BCUT2D eigenvalue weighted by molar-refractivity contribution is -0.125. The summed E-state index contributed by atoms with van der Waals surface area (Å²) >= 11 is 5.65. The molecule has 0 bridgehead atoms. The molecule has 0 aliphatic heterocycles. The first-order valence-electron chi connectivity index (χ1n) is 4.40. The largest absolute Gasteiger partial charge is 0.507 e. The van der Waals surface area contributed by atoms with Crippen LogP contribution in [-0.4, -0.2) is 23.1 Å². The summed E-state index contributed by atoms with van der Waals surface area (Å²) in [6, 6.07) is 3.92. The van der Waals surface area contributed by atoms with Gasteiger partial charge in [-0.1, -0.05) is 11.6 Å². The molecular weight excluding hydrogens is 234 g/mol. The number of nitrogens with two attached hydrogens (primary N) is 1. The summed E-state index contributed by atoms with van der Waals surface area (Å²) in [5.41, 5.74) is 4.82. The van der Waals surface area contributed by atoms with E-state index in [4.69, 9.17) is 22.1 Å². The Morgan fingerprint density at radius 3 is 2.69 bits per heavy atom. The molecule has 1 rings (SSSR count). The van der Waals surface area contributed by atoms with Gasteiger partial charge in [-0.15, -0.1) is 0 Å². The Morgan fingerprint density at radius 2 is 2.12 bits per heavy atom. The van der Waals surface area contributed by atoms with Gasteiger partial charge in [0.2, 0.25) is 0 Å². The van der Waals surface area contributed by atoms with Gasteiger partial charge >= 0.3 is 5.97 Å². The number of ether oxygens (including phenoxy) is 1. The molecule has 5 nitrogen and oxygen atoms in total. The van der Waals surface area contributed by atoms with E-state index in [9.17, 15) is 14.7 Å². The SMILES string of the molecule is CC(OC(=O)c1cc(Cl)ccc1O)C(N)=O. The van der Waals surface area contributed by atoms with Gasteiger partial charge in [0.25, 0.3) is 5.91 Å². The minimum absolute atomic E-state index is 0.111. The van der Waals surface area contributed by atoms with E-state index in [-0.39, 0.29) is 16.3 Å². The molecule has 0 aromatic heterocycles. The summed E-state index contributed by atoms with van der Waals surface area (Å²) in [6.45, 7) is 1.34. The second-order valence-electron chi connectivity index (χ2n) is 3.11. The Morgan fingerprint density at radius 1 is 1.50 bits per heavy atom. The van der Waals surface area contributed by atoms with Crippen LogP contribution in [0.2, 0.25) is 5.02 Å². The highest BCUT2D eigenvalue weighted by molar-refractivity contribution is 6.31. The van der Waals surface area contributed by atoms with Crippen molar-refractivity contribution in [1.29, 1.82) is 0 Å². The Balaban J connectivity index is 2.88. The third-order valence-electron chi connectivity index (χ3n) is 1.86. The fourth-order valence-electron chi connectivity index (χ4n) is 0.954. The third kappa shape index (κ3) is 2.87. The van der Waals surface area contributed by atoms with Crippen molar-refractivity contribution < 1.29 is 19.4 Å². The zero-order valence-electron chi connectivity index (χ0n) is 8.44. The number of amides is 1. The second kappa shape index (κ2) is 4.85. The van der Waals surface area contributed by atoms with Crippen molar-refractivity contribution in [1.82, 2.24) is 0 Å². The number of carbonyl (C=O) groups is 2. The Kier molecular flexibility index (Phi) is 3.73. The standard InChI is InChI=1S/C10H10ClNO4/c1-5(9(12)14)16-10(15)7-4-6(11)2-3-8(7)13/h2-5,13H,1H3,(H2,12,14). The molecule has 1 atom stereocenters. The zero-order chi connectivity index (χ0) is 12.3. The van der Waals surface area contributed by atoms with Crippen LogP contribution in [-0.2, 0) is 9.53 Å². The molecule has 1 amide bonds. The van der Waals surface area contributed by atoms with Crippen molar-refractivity contribution in [3.63, 3.8) is 0 Å². The minimum atomic E-state index is -1.06. The van der Waals surface area contributed by atoms with Crippen molar-refractivity contribution in [3.05, 3.63) is 28.8 Å². The minimum Gasteiger partial charge on any atom is -0.507 e. The maximum atomic E-state index is 11.5. The predicted molar refractivity (Wildman–Crippen MR) is 57.2 cm³/mol. The van der Waals surface area contributed by atoms with Crippen LogP contribution in [0.25, 0.3) is 0 Å². The maximum Gasteiger partial charge on any atom is 0.342 e. The van der Waals surface area contributed by atoms with Gasteiger partial charge in [-0.2, -0.15) is 0 Å². The average molecular weight is 244 g/mol. The summed E-state index contributed by atoms with van der Waals surface area (Å²) in [5.74, 6) is -1.90. The van der Waals surface area contributed by atoms with Gasteiger partial charge in [0.1, 0.15) is 11.3 Å². The highest BCUT2D eigenvalue weighted by atomic mass is 35.5. The number of primary amides is 1. The summed E-state index contributed by atoms with van der Waals surface area (Å²) < 4.78 is 4.70. The van der Waals surface area contributed by atoms with Crippen molar-refractivity contribution in [3.8, 4) is 5.75 Å². The van der Waals surface area contributed by atoms with Crippen molar-refractivity contribution >= 4 is 23.5 Å². The molecule has 0 aliphatic carbocycles. The summed E-state index contributed by atoms with van der Waals surface area (Å²) in [5, 5.41) is 9.66. The molecule has 0 heterocycles. The third-order valence-corrected chi connectivity index (χ3v) is 2.10. The average Bonchev–Trinajstić information content (AvgIpc) is 2.21. The molecule has 86 valence electrons. The Bertz CT molecular complexity index is 433.